The Morgan fingerprint density at radius 2 is 2.24 bits per heavy atom. The average Bonchev–Trinajstić information content (AvgIpc) is 2.73. The summed E-state index contributed by atoms with van der Waals surface area (Å²) in [4.78, 5) is 22.2. The number of rotatable bonds is 5. The van der Waals surface area contributed by atoms with E-state index in [2.05, 4.69) is 15.7 Å². The molecule has 0 spiro atoms. The summed E-state index contributed by atoms with van der Waals surface area (Å²) < 4.78 is 1.66. The quantitative estimate of drug-likeness (QED) is 0.712. The van der Waals surface area contributed by atoms with Gasteiger partial charge in [-0.25, -0.2) is 9.59 Å². The molecule has 1 heterocycles. The standard InChI is InChI=1S/C10H16N4O3/c1-3-8(9(15)16)13-10(17)12-7-5-11-14(4-2)6-7/h5-6,8H,3-4H2,1-2H3,(H,15,16)(H2,12,13,17). The number of aryl methyl sites for hydroxylation is 1. The first-order valence-corrected chi connectivity index (χ1v) is 5.39. The number of anilines is 1. The third-order valence-corrected chi connectivity index (χ3v) is 2.23. The smallest absolute Gasteiger partial charge is 0.326 e. The number of hydrogen-bond donors (Lipinski definition) is 3. The Hall–Kier alpha value is -2.05. The molecular formula is C10H16N4O3. The average molecular weight is 240 g/mol. The van der Waals surface area contributed by atoms with Crippen LogP contribution in [0.1, 0.15) is 20.3 Å². The molecule has 0 fully saturated rings. The van der Waals surface area contributed by atoms with E-state index in [1.54, 1.807) is 17.8 Å². The number of nitrogens with zero attached hydrogens (tertiary/aromatic N) is 2. The van der Waals surface area contributed by atoms with Crippen molar-refractivity contribution in [2.24, 2.45) is 0 Å². The Balaban J connectivity index is 2.51. The molecule has 1 atom stereocenters. The van der Waals surface area contributed by atoms with E-state index >= 15 is 0 Å². The molecule has 1 aromatic rings. The van der Waals surface area contributed by atoms with Gasteiger partial charge in [0.05, 0.1) is 11.9 Å². The zero-order valence-corrected chi connectivity index (χ0v) is 9.80. The molecule has 7 heteroatoms. The van der Waals surface area contributed by atoms with E-state index in [0.29, 0.717) is 18.7 Å². The van der Waals surface area contributed by atoms with Crippen LogP contribution in [0.4, 0.5) is 10.5 Å². The van der Waals surface area contributed by atoms with Crippen LogP contribution in [0, 0.1) is 0 Å². The van der Waals surface area contributed by atoms with Gasteiger partial charge in [0.2, 0.25) is 0 Å². The van der Waals surface area contributed by atoms with E-state index < -0.39 is 18.0 Å². The SMILES string of the molecule is CCC(NC(=O)Nc1cnn(CC)c1)C(=O)O. The summed E-state index contributed by atoms with van der Waals surface area (Å²) in [6.07, 6.45) is 3.50. The van der Waals surface area contributed by atoms with Gasteiger partial charge in [-0.05, 0) is 13.3 Å². The molecule has 0 aliphatic rings. The number of carboxylic acids is 1. The minimum Gasteiger partial charge on any atom is -0.480 e. The van der Waals surface area contributed by atoms with Crippen LogP contribution in [-0.2, 0) is 11.3 Å². The van der Waals surface area contributed by atoms with Crippen molar-refractivity contribution in [2.75, 3.05) is 5.32 Å². The predicted octanol–water partition coefficient (Wildman–Crippen LogP) is 0.888. The normalized spacial score (nSPS) is 11.9. The van der Waals surface area contributed by atoms with Crippen LogP contribution < -0.4 is 10.6 Å². The van der Waals surface area contributed by atoms with Gasteiger partial charge >= 0.3 is 12.0 Å². The number of amides is 2. The van der Waals surface area contributed by atoms with Crippen molar-refractivity contribution < 1.29 is 14.7 Å². The van der Waals surface area contributed by atoms with E-state index in [1.807, 2.05) is 6.92 Å². The molecule has 17 heavy (non-hydrogen) atoms. The molecule has 2 amide bonds. The molecule has 7 nitrogen and oxygen atoms in total. The first-order chi connectivity index (χ1) is 8.06. The zero-order chi connectivity index (χ0) is 12.8. The molecule has 0 bridgehead atoms. The van der Waals surface area contributed by atoms with Crippen LogP contribution >= 0.6 is 0 Å². The highest BCUT2D eigenvalue weighted by Crippen LogP contribution is 2.04. The first-order valence-electron chi connectivity index (χ1n) is 5.39. The van der Waals surface area contributed by atoms with Crippen LogP contribution in [0.3, 0.4) is 0 Å². The maximum absolute atomic E-state index is 11.5. The van der Waals surface area contributed by atoms with Crippen LogP contribution in [0.2, 0.25) is 0 Å². The summed E-state index contributed by atoms with van der Waals surface area (Å²) in [6, 6.07) is -1.42. The van der Waals surface area contributed by atoms with Crippen molar-refractivity contribution in [3.8, 4) is 0 Å². The molecule has 1 unspecified atom stereocenters. The van der Waals surface area contributed by atoms with E-state index in [-0.39, 0.29) is 0 Å². The van der Waals surface area contributed by atoms with Crippen molar-refractivity contribution in [1.29, 1.82) is 0 Å². The van der Waals surface area contributed by atoms with Crippen LogP contribution in [-0.4, -0.2) is 32.9 Å². The highest BCUT2D eigenvalue weighted by atomic mass is 16.4. The largest absolute Gasteiger partial charge is 0.480 e. The number of aliphatic carboxylic acids is 1. The summed E-state index contributed by atoms with van der Waals surface area (Å²) >= 11 is 0. The second-order valence-electron chi connectivity index (χ2n) is 3.48. The van der Waals surface area contributed by atoms with Gasteiger partial charge in [0.25, 0.3) is 0 Å². The molecule has 1 aromatic heterocycles. The summed E-state index contributed by atoms with van der Waals surface area (Å²) in [7, 11) is 0. The molecule has 0 radical (unpaired) electrons. The van der Waals surface area contributed by atoms with Gasteiger partial charge in [-0.15, -0.1) is 0 Å². The Morgan fingerprint density at radius 3 is 2.71 bits per heavy atom. The first kappa shape index (κ1) is 13.0. The lowest BCUT2D eigenvalue weighted by Crippen LogP contribution is -2.42. The van der Waals surface area contributed by atoms with Gasteiger partial charge in [-0.3, -0.25) is 4.68 Å². The fourth-order valence-corrected chi connectivity index (χ4v) is 1.26. The van der Waals surface area contributed by atoms with Gasteiger partial charge in [0.15, 0.2) is 0 Å². The van der Waals surface area contributed by atoms with E-state index in [9.17, 15) is 9.59 Å². The van der Waals surface area contributed by atoms with Gasteiger partial charge < -0.3 is 15.7 Å². The van der Waals surface area contributed by atoms with E-state index in [0.717, 1.165) is 0 Å². The minimum atomic E-state index is -1.05. The Labute approximate surface area is 98.8 Å². The summed E-state index contributed by atoms with van der Waals surface area (Å²) in [6.45, 7) is 4.32. The number of nitrogens with one attached hydrogen (secondary N) is 2. The van der Waals surface area contributed by atoms with E-state index in [4.69, 9.17) is 5.11 Å². The van der Waals surface area contributed by atoms with Crippen molar-refractivity contribution in [3.63, 3.8) is 0 Å². The van der Waals surface area contributed by atoms with Crippen LogP contribution in [0.5, 0.6) is 0 Å². The lowest BCUT2D eigenvalue weighted by molar-refractivity contribution is -0.139. The van der Waals surface area contributed by atoms with Crippen molar-refractivity contribution in [3.05, 3.63) is 12.4 Å². The number of carbonyl (C=O) groups is 2. The molecular weight excluding hydrogens is 224 g/mol. The highest BCUT2D eigenvalue weighted by molar-refractivity contribution is 5.91. The third kappa shape index (κ3) is 3.78. The zero-order valence-electron chi connectivity index (χ0n) is 9.80. The van der Waals surface area contributed by atoms with Crippen LogP contribution in [0.15, 0.2) is 12.4 Å². The fourth-order valence-electron chi connectivity index (χ4n) is 1.26. The molecule has 0 aliphatic heterocycles. The Kier molecular flexibility index (Phi) is 4.50. The van der Waals surface area contributed by atoms with Gasteiger partial charge in [-0.1, -0.05) is 6.92 Å². The maximum atomic E-state index is 11.5. The van der Waals surface area contributed by atoms with Crippen molar-refractivity contribution in [2.45, 2.75) is 32.9 Å². The van der Waals surface area contributed by atoms with Gasteiger partial charge in [0.1, 0.15) is 6.04 Å². The lowest BCUT2D eigenvalue weighted by Gasteiger charge is -2.12. The summed E-state index contributed by atoms with van der Waals surface area (Å²) in [5, 5.41) is 17.6. The second kappa shape index (κ2) is 5.88. The van der Waals surface area contributed by atoms with Gasteiger partial charge in [0, 0.05) is 12.7 Å². The molecule has 0 aliphatic carbocycles. The van der Waals surface area contributed by atoms with Gasteiger partial charge in [-0.2, -0.15) is 5.10 Å². The summed E-state index contributed by atoms with van der Waals surface area (Å²) in [5.41, 5.74) is 0.532. The molecule has 0 aromatic carbocycles. The van der Waals surface area contributed by atoms with E-state index in [1.165, 1.54) is 6.20 Å². The monoisotopic (exact) mass is 240 g/mol. The van der Waals surface area contributed by atoms with Crippen molar-refractivity contribution >= 4 is 17.7 Å². The summed E-state index contributed by atoms with van der Waals surface area (Å²) in [5.74, 6) is -1.05. The number of carbonyl (C=O) groups excluding carboxylic acids is 1. The van der Waals surface area contributed by atoms with Crippen LogP contribution in [0.25, 0.3) is 0 Å². The molecule has 1 rings (SSSR count). The second-order valence-corrected chi connectivity index (χ2v) is 3.48. The molecule has 0 saturated heterocycles. The minimum absolute atomic E-state index is 0.330. The maximum Gasteiger partial charge on any atom is 0.326 e. The Morgan fingerprint density at radius 1 is 1.53 bits per heavy atom. The number of carboxylic acid groups (broad SMARTS) is 1. The number of hydrogen-bond acceptors (Lipinski definition) is 3. The Bertz CT molecular complexity index is 402. The predicted molar refractivity (Wildman–Crippen MR) is 61.8 cm³/mol. The fraction of sp³-hybridized carbons (Fsp3) is 0.500. The molecule has 0 saturated carbocycles. The molecule has 94 valence electrons. The lowest BCUT2D eigenvalue weighted by atomic mass is 10.2. The third-order valence-electron chi connectivity index (χ3n) is 2.23. The van der Waals surface area contributed by atoms with Crippen molar-refractivity contribution in [1.82, 2.24) is 15.1 Å². The highest BCUT2D eigenvalue weighted by Gasteiger charge is 2.17. The number of urea groups is 1. The topological polar surface area (TPSA) is 96.3 Å². The molecule has 3 N–H and O–H groups in total. The number of aromatic nitrogens is 2.